The van der Waals surface area contributed by atoms with Crippen LogP contribution < -0.4 is 0 Å². The predicted octanol–water partition coefficient (Wildman–Crippen LogP) is 4.13. The summed E-state index contributed by atoms with van der Waals surface area (Å²) < 4.78 is 2.36. The topological polar surface area (TPSA) is 8.17 Å². The van der Waals surface area contributed by atoms with Gasteiger partial charge in [0.1, 0.15) is 0 Å². The maximum absolute atomic E-state index is 2.36. The first-order valence-electron chi connectivity index (χ1n) is 7.13. The van der Waals surface area contributed by atoms with Gasteiger partial charge in [0.2, 0.25) is 0 Å². The van der Waals surface area contributed by atoms with Crippen LogP contribution in [-0.2, 0) is 6.54 Å². The Balaban J connectivity index is 2.13. The Hall–Kier alpha value is -1.80. The summed E-state index contributed by atoms with van der Waals surface area (Å²) in [4.78, 5) is 2.28. The number of likely N-dealkylation sites (N-methyl/N-ethyl adjacent to an activating group) is 1. The largest absolute Gasteiger partial charge is 0.346 e. The lowest BCUT2D eigenvalue weighted by atomic mass is 10.0. The molecular weight excluding hydrogens is 244 g/mol. The van der Waals surface area contributed by atoms with E-state index in [-0.39, 0.29) is 5.54 Å². The fraction of sp³-hybridized carbons (Fsp3) is 0.333. The molecule has 0 fully saturated rings. The van der Waals surface area contributed by atoms with Crippen LogP contribution in [-0.4, -0.2) is 29.1 Å². The molecule has 0 aliphatic carbocycles. The number of hydrogen-bond donors (Lipinski definition) is 0. The summed E-state index contributed by atoms with van der Waals surface area (Å²) in [6, 6.07) is 15.3. The van der Waals surface area contributed by atoms with E-state index in [2.05, 4.69) is 86.1 Å². The van der Waals surface area contributed by atoms with Gasteiger partial charge in [0.05, 0.1) is 0 Å². The molecule has 3 rings (SSSR count). The van der Waals surface area contributed by atoms with Gasteiger partial charge in [-0.3, -0.25) is 0 Å². The van der Waals surface area contributed by atoms with E-state index >= 15 is 0 Å². The third kappa shape index (κ3) is 2.10. The van der Waals surface area contributed by atoms with Crippen LogP contribution >= 0.6 is 0 Å². The highest BCUT2D eigenvalue weighted by Crippen LogP contribution is 2.27. The van der Waals surface area contributed by atoms with Crippen molar-refractivity contribution in [3.63, 3.8) is 0 Å². The zero-order chi connectivity index (χ0) is 14.3. The minimum Gasteiger partial charge on any atom is -0.346 e. The highest BCUT2D eigenvalue weighted by atomic mass is 15.2. The van der Waals surface area contributed by atoms with E-state index in [0.29, 0.717) is 0 Å². The van der Waals surface area contributed by atoms with E-state index in [1.54, 1.807) is 0 Å². The third-order valence-corrected chi connectivity index (χ3v) is 4.45. The molecule has 0 bridgehead atoms. The average Bonchev–Trinajstić information content (AvgIpc) is 2.81. The van der Waals surface area contributed by atoms with Crippen LogP contribution in [0.3, 0.4) is 0 Å². The van der Waals surface area contributed by atoms with E-state index in [0.717, 1.165) is 6.54 Å². The molecule has 0 atom stereocenters. The van der Waals surface area contributed by atoms with Gasteiger partial charge in [-0.15, -0.1) is 0 Å². The molecule has 0 amide bonds. The standard InChI is InChI=1S/C18H22N2/c1-18(2,19(3)4)13-20-12-11-16-15-8-6-5-7-14(15)9-10-17(16)20/h5-12H,13H2,1-4H3. The number of hydrogen-bond acceptors (Lipinski definition) is 1. The van der Waals surface area contributed by atoms with Gasteiger partial charge in [-0.05, 0) is 50.8 Å². The molecule has 2 aromatic carbocycles. The fourth-order valence-electron chi connectivity index (χ4n) is 2.65. The number of rotatable bonds is 3. The number of fused-ring (bicyclic) bond motifs is 3. The molecule has 0 spiro atoms. The molecule has 0 saturated heterocycles. The average molecular weight is 266 g/mol. The lowest BCUT2D eigenvalue weighted by molar-refractivity contribution is 0.171. The van der Waals surface area contributed by atoms with Crippen molar-refractivity contribution in [3.05, 3.63) is 48.7 Å². The molecule has 1 aromatic heterocycles. The molecule has 104 valence electrons. The summed E-state index contributed by atoms with van der Waals surface area (Å²) in [5.41, 5.74) is 1.45. The van der Waals surface area contributed by atoms with Crippen molar-refractivity contribution in [2.24, 2.45) is 0 Å². The van der Waals surface area contributed by atoms with Crippen LogP contribution in [0.1, 0.15) is 13.8 Å². The van der Waals surface area contributed by atoms with E-state index in [4.69, 9.17) is 0 Å². The minimum atomic E-state index is 0.137. The predicted molar refractivity (Wildman–Crippen MR) is 87.2 cm³/mol. The van der Waals surface area contributed by atoms with Crippen LogP contribution in [0.2, 0.25) is 0 Å². The van der Waals surface area contributed by atoms with Crippen molar-refractivity contribution in [2.75, 3.05) is 14.1 Å². The van der Waals surface area contributed by atoms with Crippen molar-refractivity contribution >= 4 is 21.7 Å². The van der Waals surface area contributed by atoms with Gasteiger partial charge < -0.3 is 9.47 Å². The number of benzene rings is 2. The summed E-state index contributed by atoms with van der Waals surface area (Å²) in [5.74, 6) is 0. The van der Waals surface area contributed by atoms with Gasteiger partial charge in [0.25, 0.3) is 0 Å². The van der Waals surface area contributed by atoms with Gasteiger partial charge in [-0.25, -0.2) is 0 Å². The Morgan fingerprint density at radius 3 is 2.45 bits per heavy atom. The zero-order valence-electron chi connectivity index (χ0n) is 12.7. The first-order chi connectivity index (χ1) is 9.49. The van der Waals surface area contributed by atoms with E-state index in [9.17, 15) is 0 Å². The Kier molecular flexibility index (Phi) is 3.06. The lowest BCUT2D eigenvalue weighted by Crippen LogP contribution is -2.41. The lowest BCUT2D eigenvalue weighted by Gasteiger charge is -2.33. The van der Waals surface area contributed by atoms with E-state index in [1.807, 2.05) is 0 Å². The monoisotopic (exact) mass is 266 g/mol. The Morgan fingerprint density at radius 1 is 0.950 bits per heavy atom. The van der Waals surface area contributed by atoms with Gasteiger partial charge in [0.15, 0.2) is 0 Å². The fourth-order valence-corrected chi connectivity index (χ4v) is 2.65. The van der Waals surface area contributed by atoms with Gasteiger partial charge in [0, 0.05) is 29.2 Å². The van der Waals surface area contributed by atoms with E-state index < -0.39 is 0 Å². The Bertz CT molecular complexity index is 750. The summed E-state index contributed by atoms with van der Waals surface area (Å²) in [6.45, 7) is 5.54. The molecule has 3 aromatic rings. The maximum Gasteiger partial charge on any atom is 0.0487 e. The first kappa shape index (κ1) is 13.2. The van der Waals surface area contributed by atoms with Crippen molar-refractivity contribution in [3.8, 4) is 0 Å². The molecule has 0 unspecified atom stereocenters. The smallest absolute Gasteiger partial charge is 0.0487 e. The van der Waals surface area contributed by atoms with Crippen LogP contribution in [0.5, 0.6) is 0 Å². The Morgan fingerprint density at radius 2 is 1.70 bits per heavy atom. The third-order valence-electron chi connectivity index (χ3n) is 4.45. The molecule has 2 heteroatoms. The first-order valence-corrected chi connectivity index (χ1v) is 7.13. The van der Waals surface area contributed by atoms with Gasteiger partial charge in [-0.1, -0.05) is 30.3 Å². The quantitative estimate of drug-likeness (QED) is 0.692. The van der Waals surface area contributed by atoms with Crippen molar-refractivity contribution in [2.45, 2.75) is 25.9 Å². The highest BCUT2D eigenvalue weighted by molar-refractivity contribution is 6.06. The number of aromatic nitrogens is 1. The summed E-state index contributed by atoms with van der Waals surface area (Å²) >= 11 is 0. The molecular formula is C18H22N2. The second-order valence-electron chi connectivity index (χ2n) is 6.37. The Labute approximate surface area is 120 Å². The number of nitrogens with zero attached hydrogens (tertiary/aromatic N) is 2. The molecule has 1 heterocycles. The van der Waals surface area contributed by atoms with Crippen LogP contribution in [0.15, 0.2) is 48.7 Å². The molecule has 0 aliphatic heterocycles. The minimum absolute atomic E-state index is 0.137. The van der Waals surface area contributed by atoms with Crippen molar-refractivity contribution in [1.82, 2.24) is 9.47 Å². The molecule has 0 saturated carbocycles. The van der Waals surface area contributed by atoms with Crippen molar-refractivity contribution in [1.29, 1.82) is 0 Å². The highest BCUT2D eigenvalue weighted by Gasteiger charge is 2.21. The molecule has 20 heavy (non-hydrogen) atoms. The van der Waals surface area contributed by atoms with Crippen LogP contribution in [0.25, 0.3) is 21.7 Å². The molecule has 2 nitrogen and oxygen atoms in total. The van der Waals surface area contributed by atoms with Gasteiger partial charge >= 0.3 is 0 Å². The van der Waals surface area contributed by atoms with E-state index in [1.165, 1.54) is 21.7 Å². The normalized spacial score (nSPS) is 12.7. The molecule has 0 N–H and O–H groups in total. The molecule has 0 aliphatic rings. The second kappa shape index (κ2) is 4.64. The van der Waals surface area contributed by atoms with Gasteiger partial charge in [-0.2, -0.15) is 0 Å². The summed E-state index contributed by atoms with van der Waals surface area (Å²) in [6.07, 6.45) is 2.21. The summed E-state index contributed by atoms with van der Waals surface area (Å²) in [7, 11) is 4.28. The van der Waals surface area contributed by atoms with Crippen molar-refractivity contribution < 1.29 is 0 Å². The SMILES string of the molecule is CN(C)C(C)(C)Cn1ccc2c3ccccc3ccc21. The second-order valence-corrected chi connectivity index (χ2v) is 6.37. The van der Waals surface area contributed by atoms with Crippen LogP contribution in [0, 0.1) is 0 Å². The molecule has 0 radical (unpaired) electrons. The summed E-state index contributed by atoms with van der Waals surface area (Å²) in [5, 5.41) is 3.99. The maximum atomic E-state index is 2.36. The van der Waals surface area contributed by atoms with Crippen LogP contribution in [0.4, 0.5) is 0 Å². The zero-order valence-corrected chi connectivity index (χ0v) is 12.7.